The molecule has 0 saturated heterocycles. The molecule has 2 N–H and O–H groups in total. The van der Waals surface area contributed by atoms with Gasteiger partial charge in [0.25, 0.3) is 5.91 Å². The molecule has 0 radical (unpaired) electrons. The molecule has 1 atom stereocenters. The van der Waals surface area contributed by atoms with E-state index in [1.807, 2.05) is 0 Å². The maximum absolute atomic E-state index is 11.8. The molecule has 17 heavy (non-hydrogen) atoms. The second kappa shape index (κ2) is 6.02. The number of carbonyl (C=O) groups is 2. The van der Waals surface area contributed by atoms with E-state index in [0.717, 1.165) is 0 Å². The van der Waals surface area contributed by atoms with Crippen molar-refractivity contribution in [1.29, 1.82) is 0 Å². The van der Waals surface area contributed by atoms with E-state index in [0.29, 0.717) is 21.5 Å². The van der Waals surface area contributed by atoms with E-state index in [9.17, 15) is 9.59 Å². The molecule has 0 heterocycles. The van der Waals surface area contributed by atoms with Gasteiger partial charge in [0.1, 0.15) is 6.04 Å². The van der Waals surface area contributed by atoms with Gasteiger partial charge in [0, 0.05) is 9.50 Å². The number of nitrogens with one attached hydrogen (secondary N) is 1. The van der Waals surface area contributed by atoms with E-state index in [4.69, 9.17) is 16.7 Å². The summed E-state index contributed by atoms with van der Waals surface area (Å²) in [4.78, 5) is 22.6. The maximum atomic E-state index is 11.8. The lowest BCUT2D eigenvalue weighted by atomic mass is 10.1. The maximum Gasteiger partial charge on any atom is 0.326 e. The van der Waals surface area contributed by atoms with Crippen molar-refractivity contribution in [2.24, 2.45) is 0 Å². The van der Waals surface area contributed by atoms with Crippen molar-refractivity contribution in [2.75, 3.05) is 0 Å². The quantitative estimate of drug-likeness (QED) is 0.896. The zero-order chi connectivity index (χ0) is 13.0. The lowest BCUT2D eigenvalue weighted by Gasteiger charge is -2.13. The summed E-state index contributed by atoms with van der Waals surface area (Å²) in [6.45, 7) is 1.69. The molecule has 6 heteroatoms. The van der Waals surface area contributed by atoms with Gasteiger partial charge in [-0.25, -0.2) is 4.79 Å². The number of benzene rings is 1. The average molecular weight is 321 g/mol. The molecule has 0 aliphatic carbocycles. The van der Waals surface area contributed by atoms with Crippen LogP contribution < -0.4 is 5.32 Å². The second-order valence-corrected chi connectivity index (χ2v) is 4.69. The highest BCUT2D eigenvalue weighted by molar-refractivity contribution is 9.10. The molecule has 0 aromatic heterocycles. The summed E-state index contributed by atoms with van der Waals surface area (Å²) in [5, 5.41) is 11.7. The Balaban J connectivity index is 2.89. The van der Waals surface area contributed by atoms with Gasteiger partial charge >= 0.3 is 5.97 Å². The molecule has 0 fully saturated rings. The predicted molar refractivity (Wildman–Crippen MR) is 68.3 cm³/mol. The van der Waals surface area contributed by atoms with Crippen LogP contribution in [0.1, 0.15) is 23.7 Å². The number of hydrogen-bond donors (Lipinski definition) is 2. The summed E-state index contributed by atoms with van der Waals surface area (Å²) in [6.07, 6.45) is 0.319. The minimum atomic E-state index is -1.06. The number of amides is 1. The fourth-order valence-electron chi connectivity index (χ4n) is 1.25. The van der Waals surface area contributed by atoms with E-state index in [1.165, 1.54) is 6.07 Å². The number of carbonyl (C=O) groups excluding carboxylic acids is 1. The Morgan fingerprint density at radius 2 is 2.18 bits per heavy atom. The Kier molecular flexibility index (Phi) is 4.96. The van der Waals surface area contributed by atoms with Gasteiger partial charge in [-0.1, -0.05) is 18.5 Å². The van der Waals surface area contributed by atoms with Gasteiger partial charge in [0.05, 0.1) is 5.56 Å². The molecule has 0 aliphatic heterocycles. The SMILES string of the molecule is CC[C@H](NC(=O)c1cc(Cl)ccc1Br)C(=O)O. The number of carboxylic acids is 1. The third-order valence-corrected chi connectivity index (χ3v) is 3.11. The Labute approximate surface area is 112 Å². The lowest BCUT2D eigenvalue weighted by molar-refractivity contribution is -0.139. The van der Waals surface area contributed by atoms with E-state index in [-0.39, 0.29) is 0 Å². The third kappa shape index (κ3) is 3.71. The summed E-state index contributed by atoms with van der Waals surface area (Å²) in [5.74, 6) is -1.52. The van der Waals surface area contributed by atoms with Gasteiger partial charge in [0.15, 0.2) is 0 Å². The predicted octanol–water partition coefficient (Wildman–Crippen LogP) is 2.70. The molecule has 0 spiro atoms. The van der Waals surface area contributed by atoms with Crippen LogP contribution in [0.3, 0.4) is 0 Å². The number of rotatable bonds is 4. The van der Waals surface area contributed by atoms with E-state index < -0.39 is 17.9 Å². The minimum Gasteiger partial charge on any atom is -0.480 e. The van der Waals surface area contributed by atoms with Crippen LogP contribution in [0.4, 0.5) is 0 Å². The molecule has 1 aromatic rings. The van der Waals surface area contributed by atoms with Crippen LogP contribution in [-0.4, -0.2) is 23.0 Å². The first-order chi connectivity index (χ1) is 7.95. The van der Waals surface area contributed by atoms with Crippen LogP contribution in [-0.2, 0) is 4.79 Å². The number of carboxylic acid groups (broad SMARTS) is 1. The van der Waals surface area contributed by atoms with Gasteiger partial charge in [-0.05, 0) is 40.5 Å². The van der Waals surface area contributed by atoms with Crippen molar-refractivity contribution in [1.82, 2.24) is 5.32 Å². The smallest absolute Gasteiger partial charge is 0.326 e. The highest BCUT2D eigenvalue weighted by atomic mass is 79.9. The summed E-state index contributed by atoms with van der Waals surface area (Å²) >= 11 is 8.99. The molecule has 0 saturated carbocycles. The molecule has 0 aliphatic rings. The van der Waals surface area contributed by atoms with Crippen LogP contribution in [0.2, 0.25) is 5.02 Å². The molecule has 1 amide bonds. The fourth-order valence-corrected chi connectivity index (χ4v) is 1.84. The first-order valence-corrected chi connectivity index (χ1v) is 6.11. The number of halogens is 2. The molecule has 92 valence electrons. The van der Waals surface area contributed by atoms with Crippen molar-refractivity contribution in [3.05, 3.63) is 33.3 Å². The Hall–Kier alpha value is -1.07. The van der Waals surface area contributed by atoms with Gasteiger partial charge in [-0.15, -0.1) is 0 Å². The molecule has 1 rings (SSSR count). The number of aliphatic carboxylic acids is 1. The van der Waals surface area contributed by atoms with Crippen LogP contribution in [0.5, 0.6) is 0 Å². The zero-order valence-electron chi connectivity index (χ0n) is 9.04. The van der Waals surface area contributed by atoms with Crippen LogP contribution in [0.25, 0.3) is 0 Å². The first kappa shape index (κ1) is 14.0. The van der Waals surface area contributed by atoms with Crippen molar-refractivity contribution in [2.45, 2.75) is 19.4 Å². The third-order valence-electron chi connectivity index (χ3n) is 2.18. The summed E-state index contributed by atoms with van der Waals surface area (Å²) in [6, 6.07) is 3.86. The van der Waals surface area contributed by atoms with E-state index in [2.05, 4.69) is 21.2 Å². The van der Waals surface area contributed by atoms with Crippen molar-refractivity contribution in [3.8, 4) is 0 Å². The second-order valence-electron chi connectivity index (χ2n) is 3.40. The summed E-state index contributed by atoms with van der Waals surface area (Å²) in [5.41, 5.74) is 0.317. The fraction of sp³-hybridized carbons (Fsp3) is 0.273. The van der Waals surface area contributed by atoms with Crippen LogP contribution >= 0.6 is 27.5 Å². The first-order valence-electron chi connectivity index (χ1n) is 4.94. The Bertz CT molecular complexity index is 450. The van der Waals surface area contributed by atoms with Gasteiger partial charge in [0.2, 0.25) is 0 Å². The molecule has 0 unspecified atom stereocenters. The zero-order valence-corrected chi connectivity index (χ0v) is 11.4. The van der Waals surface area contributed by atoms with Crippen molar-refractivity contribution < 1.29 is 14.7 Å². The van der Waals surface area contributed by atoms with E-state index >= 15 is 0 Å². The van der Waals surface area contributed by atoms with Crippen molar-refractivity contribution in [3.63, 3.8) is 0 Å². The van der Waals surface area contributed by atoms with Gasteiger partial charge in [-0.3, -0.25) is 4.79 Å². The van der Waals surface area contributed by atoms with Gasteiger partial charge < -0.3 is 10.4 Å². The van der Waals surface area contributed by atoms with Gasteiger partial charge in [-0.2, -0.15) is 0 Å². The topological polar surface area (TPSA) is 66.4 Å². The van der Waals surface area contributed by atoms with E-state index in [1.54, 1.807) is 19.1 Å². The summed E-state index contributed by atoms with van der Waals surface area (Å²) in [7, 11) is 0. The molecule has 1 aromatic carbocycles. The monoisotopic (exact) mass is 319 g/mol. The standard InChI is InChI=1S/C11H11BrClNO3/c1-2-9(11(16)17)14-10(15)7-5-6(13)3-4-8(7)12/h3-5,9H,2H2,1H3,(H,14,15)(H,16,17)/t9-/m0/s1. The largest absolute Gasteiger partial charge is 0.480 e. The van der Waals surface area contributed by atoms with Crippen LogP contribution in [0.15, 0.2) is 22.7 Å². The van der Waals surface area contributed by atoms with Crippen molar-refractivity contribution >= 4 is 39.4 Å². The lowest BCUT2D eigenvalue weighted by Crippen LogP contribution is -2.40. The molecular weight excluding hydrogens is 309 g/mol. The normalized spacial score (nSPS) is 11.9. The molecular formula is C11H11BrClNO3. The number of hydrogen-bond acceptors (Lipinski definition) is 2. The molecule has 4 nitrogen and oxygen atoms in total. The minimum absolute atomic E-state index is 0.317. The highest BCUT2D eigenvalue weighted by Gasteiger charge is 2.19. The average Bonchev–Trinajstić information content (AvgIpc) is 2.28. The van der Waals surface area contributed by atoms with Crippen LogP contribution in [0, 0.1) is 0 Å². The highest BCUT2D eigenvalue weighted by Crippen LogP contribution is 2.21. The summed E-state index contributed by atoms with van der Waals surface area (Å²) < 4.78 is 0.569. The molecule has 0 bridgehead atoms. The Morgan fingerprint density at radius 1 is 1.53 bits per heavy atom. The Morgan fingerprint density at radius 3 is 2.71 bits per heavy atom.